The molecular formula is C13H16ClN3O3S. The Kier molecular flexibility index (Phi) is 4.55. The molecule has 1 aromatic heterocycles. The summed E-state index contributed by atoms with van der Waals surface area (Å²) in [6.45, 7) is 1.78. The van der Waals surface area contributed by atoms with Crippen LogP contribution in [0.5, 0.6) is 5.75 Å². The molecular weight excluding hydrogens is 314 g/mol. The predicted octanol–water partition coefficient (Wildman–Crippen LogP) is 1.87. The number of hydrogen-bond donors (Lipinski definition) is 1. The number of aromatic nitrogens is 2. The summed E-state index contributed by atoms with van der Waals surface area (Å²) in [6.07, 6.45) is 1.48. The fraction of sp³-hybridized carbons (Fsp3) is 0.308. The number of nitrogens with zero attached hydrogens (tertiary/aromatic N) is 2. The van der Waals surface area contributed by atoms with Gasteiger partial charge in [0.05, 0.1) is 24.7 Å². The lowest BCUT2D eigenvalue weighted by Crippen LogP contribution is -2.25. The van der Waals surface area contributed by atoms with Crippen molar-refractivity contribution >= 4 is 21.6 Å². The summed E-state index contributed by atoms with van der Waals surface area (Å²) in [4.78, 5) is 4.26. The third-order valence-corrected chi connectivity index (χ3v) is 5.03. The second-order valence-corrected chi connectivity index (χ2v) is 6.63. The lowest BCUT2D eigenvalue weighted by molar-refractivity contribution is 0.414. The summed E-state index contributed by atoms with van der Waals surface area (Å²) >= 11 is 5.86. The summed E-state index contributed by atoms with van der Waals surface area (Å²) in [5.41, 5.74) is 0.611. The zero-order valence-electron chi connectivity index (χ0n) is 11.9. The molecule has 0 spiro atoms. The van der Waals surface area contributed by atoms with Crippen LogP contribution in [-0.2, 0) is 23.6 Å². The van der Waals surface area contributed by atoms with E-state index in [9.17, 15) is 8.42 Å². The van der Waals surface area contributed by atoms with Crippen LogP contribution in [0.4, 0.5) is 0 Å². The molecule has 6 nitrogen and oxygen atoms in total. The molecule has 0 aliphatic rings. The quantitative estimate of drug-likeness (QED) is 0.908. The van der Waals surface area contributed by atoms with E-state index in [1.807, 2.05) is 0 Å². The van der Waals surface area contributed by atoms with Crippen LogP contribution in [0.2, 0.25) is 5.15 Å². The van der Waals surface area contributed by atoms with E-state index in [4.69, 9.17) is 16.3 Å². The molecule has 0 saturated heterocycles. The van der Waals surface area contributed by atoms with E-state index in [1.165, 1.54) is 19.4 Å². The molecule has 21 heavy (non-hydrogen) atoms. The number of imidazole rings is 1. The third kappa shape index (κ3) is 3.37. The summed E-state index contributed by atoms with van der Waals surface area (Å²) in [5.74, 6) is 1.15. The number of methoxy groups -OCH3 is 1. The van der Waals surface area contributed by atoms with Crippen molar-refractivity contribution in [2.24, 2.45) is 7.05 Å². The first-order valence-electron chi connectivity index (χ1n) is 6.15. The van der Waals surface area contributed by atoms with E-state index < -0.39 is 10.0 Å². The van der Waals surface area contributed by atoms with Crippen LogP contribution in [0.15, 0.2) is 29.3 Å². The van der Waals surface area contributed by atoms with Gasteiger partial charge in [-0.3, -0.25) is 0 Å². The first-order chi connectivity index (χ1) is 9.85. The van der Waals surface area contributed by atoms with Gasteiger partial charge in [0.2, 0.25) is 10.0 Å². The zero-order chi connectivity index (χ0) is 15.6. The van der Waals surface area contributed by atoms with Crippen molar-refractivity contribution in [3.63, 3.8) is 0 Å². The molecule has 1 aromatic carbocycles. The van der Waals surface area contributed by atoms with Gasteiger partial charge in [-0.05, 0) is 30.7 Å². The van der Waals surface area contributed by atoms with Gasteiger partial charge >= 0.3 is 0 Å². The van der Waals surface area contributed by atoms with E-state index in [0.29, 0.717) is 22.3 Å². The fourth-order valence-corrected chi connectivity index (χ4v) is 3.23. The molecule has 0 amide bonds. The number of nitrogens with one attached hydrogen (secondary N) is 1. The number of rotatable bonds is 5. The normalized spacial score (nSPS) is 11.6. The summed E-state index contributed by atoms with van der Waals surface area (Å²) < 4.78 is 33.8. The van der Waals surface area contributed by atoms with Crippen molar-refractivity contribution in [2.75, 3.05) is 7.11 Å². The van der Waals surface area contributed by atoms with Gasteiger partial charge in [-0.1, -0.05) is 11.6 Å². The van der Waals surface area contributed by atoms with E-state index >= 15 is 0 Å². The third-order valence-electron chi connectivity index (χ3n) is 3.12. The molecule has 0 aliphatic carbocycles. The van der Waals surface area contributed by atoms with Gasteiger partial charge in [0.15, 0.2) is 0 Å². The molecule has 1 N–H and O–H groups in total. The Hall–Kier alpha value is -1.57. The molecule has 0 bridgehead atoms. The fourth-order valence-electron chi connectivity index (χ4n) is 1.88. The molecule has 114 valence electrons. The van der Waals surface area contributed by atoms with Crippen molar-refractivity contribution < 1.29 is 13.2 Å². The maximum absolute atomic E-state index is 12.3. The van der Waals surface area contributed by atoms with E-state index in [-0.39, 0.29) is 11.4 Å². The molecule has 0 aliphatic heterocycles. The van der Waals surface area contributed by atoms with Gasteiger partial charge in [-0.25, -0.2) is 18.1 Å². The summed E-state index contributed by atoms with van der Waals surface area (Å²) in [7, 11) is -0.370. The van der Waals surface area contributed by atoms with Crippen molar-refractivity contribution in [3.8, 4) is 5.75 Å². The standard InChI is InChI=1S/C13H16ClN3O3S/c1-9-6-10(20-3)4-5-11(9)21(18,19)16-8-13-15-7-12(14)17(13)2/h4-7,16H,8H2,1-3H3. The summed E-state index contributed by atoms with van der Waals surface area (Å²) in [6, 6.07) is 4.80. The van der Waals surface area contributed by atoms with Crippen molar-refractivity contribution in [1.82, 2.24) is 14.3 Å². The van der Waals surface area contributed by atoms with Crippen molar-refractivity contribution in [1.29, 1.82) is 0 Å². The maximum atomic E-state index is 12.3. The Bertz CT molecular complexity index is 756. The maximum Gasteiger partial charge on any atom is 0.241 e. The van der Waals surface area contributed by atoms with Crippen molar-refractivity contribution in [3.05, 3.63) is 40.9 Å². The van der Waals surface area contributed by atoms with Crippen LogP contribution in [-0.4, -0.2) is 25.1 Å². The van der Waals surface area contributed by atoms with Crippen molar-refractivity contribution in [2.45, 2.75) is 18.4 Å². The van der Waals surface area contributed by atoms with Gasteiger partial charge in [0.1, 0.15) is 16.7 Å². The Balaban J connectivity index is 2.21. The molecule has 0 fully saturated rings. The predicted molar refractivity (Wildman–Crippen MR) is 80.0 cm³/mol. The molecule has 2 aromatic rings. The second kappa shape index (κ2) is 6.05. The van der Waals surface area contributed by atoms with E-state index in [0.717, 1.165) is 0 Å². The van der Waals surface area contributed by atoms with Crippen LogP contribution in [0.1, 0.15) is 11.4 Å². The number of ether oxygens (including phenoxy) is 1. The minimum atomic E-state index is -3.62. The second-order valence-electron chi connectivity index (χ2n) is 4.51. The first-order valence-corrected chi connectivity index (χ1v) is 8.01. The molecule has 8 heteroatoms. The van der Waals surface area contributed by atoms with Crippen LogP contribution in [0.3, 0.4) is 0 Å². The zero-order valence-corrected chi connectivity index (χ0v) is 13.5. The topological polar surface area (TPSA) is 73.2 Å². The van der Waals surface area contributed by atoms with Crippen LogP contribution < -0.4 is 9.46 Å². The highest BCUT2D eigenvalue weighted by Gasteiger charge is 2.18. The number of aryl methyl sites for hydroxylation is 1. The lowest BCUT2D eigenvalue weighted by Gasteiger charge is -2.10. The molecule has 0 atom stereocenters. The van der Waals surface area contributed by atoms with Gasteiger partial charge in [-0.2, -0.15) is 0 Å². The number of halogens is 1. The highest BCUT2D eigenvalue weighted by atomic mass is 35.5. The lowest BCUT2D eigenvalue weighted by atomic mass is 10.2. The smallest absolute Gasteiger partial charge is 0.241 e. The number of sulfonamides is 1. The average molecular weight is 330 g/mol. The van der Waals surface area contributed by atoms with E-state index in [2.05, 4.69) is 9.71 Å². The molecule has 0 radical (unpaired) electrons. The number of benzene rings is 1. The monoisotopic (exact) mass is 329 g/mol. The Morgan fingerprint density at radius 1 is 1.43 bits per heavy atom. The molecule has 1 heterocycles. The Morgan fingerprint density at radius 2 is 2.14 bits per heavy atom. The highest BCUT2D eigenvalue weighted by Crippen LogP contribution is 2.21. The average Bonchev–Trinajstić information content (AvgIpc) is 2.76. The molecule has 2 rings (SSSR count). The minimum absolute atomic E-state index is 0.0665. The minimum Gasteiger partial charge on any atom is -0.497 e. The summed E-state index contributed by atoms with van der Waals surface area (Å²) in [5, 5.41) is 0.449. The van der Waals surface area contributed by atoms with Crippen LogP contribution >= 0.6 is 11.6 Å². The first kappa shape index (κ1) is 15.8. The molecule has 0 saturated carbocycles. The molecule has 0 unspecified atom stereocenters. The van der Waals surface area contributed by atoms with Crippen LogP contribution in [0.25, 0.3) is 0 Å². The van der Waals surface area contributed by atoms with Gasteiger partial charge in [0, 0.05) is 7.05 Å². The largest absolute Gasteiger partial charge is 0.497 e. The van der Waals surface area contributed by atoms with Gasteiger partial charge < -0.3 is 9.30 Å². The van der Waals surface area contributed by atoms with Gasteiger partial charge in [-0.15, -0.1) is 0 Å². The highest BCUT2D eigenvalue weighted by molar-refractivity contribution is 7.89. The van der Waals surface area contributed by atoms with Gasteiger partial charge in [0.25, 0.3) is 0 Å². The van der Waals surface area contributed by atoms with E-state index in [1.54, 1.807) is 30.7 Å². The Labute approximate surface area is 128 Å². The van der Waals surface area contributed by atoms with Crippen LogP contribution in [0, 0.1) is 6.92 Å². The Morgan fingerprint density at radius 3 is 2.67 bits per heavy atom. The number of hydrogen-bond acceptors (Lipinski definition) is 4. The SMILES string of the molecule is COc1ccc(S(=O)(=O)NCc2ncc(Cl)n2C)c(C)c1.